The molecule has 0 aliphatic carbocycles. The third kappa shape index (κ3) is 2.45. The Morgan fingerprint density at radius 2 is 2.19 bits per heavy atom. The van der Waals surface area contributed by atoms with Gasteiger partial charge in [0.05, 0.1) is 0 Å². The lowest BCUT2D eigenvalue weighted by molar-refractivity contribution is -0.120. The molecule has 0 radical (unpaired) electrons. The predicted molar refractivity (Wildman–Crippen MR) is 59.6 cm³/mol. The van der Waals surface area contributed by atoms with Gasteiger partial charge in [-0.2, -0.15) is 0 Å². The third-order valence-corrected chi connectivity index (χ3v) is 2.59. The van der Waals surface area contributed by atoms with Gasteiger partial charge in [0.2, 0.25) is 12.7 Å². The summed E-state index contributed by atoms with van der Waals surface area (Å²) in [4.78, 5) is 11.0. The molecule has 0 atom stereocenters. The Morgan fingerprint density at radius 1 is 1.38 bits per heavy atom. The Bertz CT molecular complexity index is 390. The van der Waals surface area contributed by atoms with Crippen LogP contribution < -0.4 is 14.8 Å². The van der Waals surface area contributed by atoms with Crippen molar-refractivity contribution < 1.29 is 14.3 Å². The number of carbonyl (C=O) groups is 1. The maximum Gasteiger partial charge on any atom is 0.231 e. The maximum atomic E-state index is 11.0. The minimum Gasteiger partial charge on any atom is -0.454 e. The number of rotatable bonds is 4. The molecular weight excluding hydrogens is 206 g/mol. The molecular formula is C12H15NO3. The van der Waals surface area contributed by atoms with Crippen LogP contribution in [0.3, 0.4) is 0 Å². The number of hydrogen-bond donors (Lipinski definition) is 1. The van der Waals surface area contributed by atoms with E-state index in [1.807, 2.05) is 18.2 Å². The predicted octanol–water partition coefficient (Wildman–Crippen LogP) is 1.48. The molecule has 1 N–H and O–H groups in total. The van der Waals surface area contributed by atoms with E-state index in [9.17, 15) is 4.79 Å². The molecule has 0 saturated carbocycles. The van der Waals surface area contributed by atoms with Crippen molar-refractivity contribution in [2.75, 3.05) is 13.8 Å². The van der Waals surface area contributed by atoms with Crippen molar-refractivity contribution in [3.63, 3.8) is 0 Å². The highest BCUT2D eigenvalue weighted by molar-refractivity contribution is 5.75. The minimum atomic E-state index is 0.0840. The van der Waals surface area contributed by atoms with Gasteiger partial charge in [-0.05, 0) is 30.5 Å². The molecule has 16 heavy (non-hydrogen) atoms. The molecule has 0 unspecified atom stereocenters. The first-order valence-electron chi connectivity index (χ1n) is 5.38. The van der Waals surface area contributed by atoms with Crippen LogP contribution in [0, 0.1) is 0 Å². The van der Waals surface area contributed by atoms with E-state index in [2.05, 4.69) is 5.32 Å². The molecule has 4 heteroatoms. The van der Waals surface area contributed by atoms with Crippen LogP contribution >= 0.6 is 0 Å². The molecule has 4 nitrogen and oxygen atoms in total. The van der Waals surface area contributed by atoms with Gasteiger partial charge in [0.1, 0.15) is 0 Å². The number of amides is 1. The van der Waals surface area contributed by atoms with Crippen molar-refractivity contribution in [3.8, 4) is 11.5 Å². The van der Waals surface area contributed by atoms with Gasteiger partial charge in [0.25, 0.3) is 0 Å². The number of hydrogen-bond acceptors (Lipinski definition) is 3. The average molecular weight is 221 g/mol. The normalized spacial score (nSPS) is 12.6. The number of nitrogens with one attached hydrogen (secondary N) is 1. The van der Waals surface area contributed by atoms with Gasteiger partial charge in [0, 0.05) is 13.5 Å². The maximum absolute atomic E-state index is 11.0. The highest BCUT2D eigenvalue weighted by Crippen LogP contribution is 2.32. The molecule has 0 bridgehead atoms. The first-order chi connectivity index (χ1) is 7.79. The summed E-state index contributed by atoms with van der Waals surface area (Å²) in [7, 11) is 1.66. The lowest BCUT2D eigenvalue weighted by atomic mass is 10.1. The Morgan fingerprint density at radius 3 is 3.00 bits per heavy atom. The van der Waals surface area contributed by atoms with E-state index in [4.69, 9.17) is 9.47 Å². The lowest BCUT2D eigenvalue weighted by Gasteiger charge is -2.02. The van der Waals surface area contributed by atoms with E-state index in [-0.39, 0.29) is 5.91 Å². The number of carbonyl (C=O) groups excluding carboxylic acids is 1. The molecule has 1 heterocycles. The second kappa shape index (κ2) is 4.88. The molecule has 1 aliphatic rings. The van der Waals surface area contributed by atoms with E-state index in [1.165, 1.54) is 5.56 Å². The summed E-state index contributed by atoms with van der Waals surface area (Å²) in [5, 5.41) is 2.61. The number of ether oxygens (including phenoxy) is 2. The quantitative estimate of drug-likeness (QED) is 0.837. The zero-order valence-electron chi connectivity index (χ0n) is 9.29. The molecule has 1 aromatic carbocycles. The molecule has 1 amide bonds. The van der Waals surface area contributed by atoms with Gasteiger partial charge >= 0.3 is 0 Å². The third-order valence-electron chi connectivity index (χ3n) is 2.59. The van der Waals surface area contributed by atoms with Crippen LogP contribution in [0.4, 0.5) is 0 Å². The fourth-order valence-corrected chi connectivity index (χ4v) is 1.67. The second-order valence-corrected chi connectivity index (χ2v) is 3.71. The van der Waals surface area contributed by atoms with E-state index in [0.717, 1.165) is 24.3 Å². The van der Waals surface area contributed by atoms with E-state index >= 15 is 0 Å². The monoisotopic (exact) mass is 221 g/mol. The van der Waals surface area contributed by atoms with Gasteiger partial charge in [-0.25, -0.2) is 0 Å². The molecule has 1 aromatic rings. The molecule has 0 saturated heterocycles. The first kappa shape index (κ1) is 10.8. The summed E-state index contributed by atoms with van der Waals surface area (Å²) < 4.78 is 10.5. The molecule has 2 rings (SSSR count). The second-order valence-electron chi connectivity index (χ2n) is 3.71. The highest BCUT2D eigenvalue weighted by Gasteiger charge is 2.12. The molecule has 0 spiro atoms. The minimum absolute atomic E-state index is 0.0840. The van der Waals surface area contributed by atoms with Gasteiger partial charge in [0.15, 0.2) is 11.5 Å². The van der Waals surface area contributed by atoms with E-state index in [1.54, 1.807) is 7.05 Å². The molecule has 0 fully saturated rings. The van der Waals surface area contributed by atoms with E-state index in [0.29, 0.717) is 13.2 Å². The van der Waals surface area contributed by atoms with Gasteiger partial charge < -0.3 is 14.8 Å². The van der Waals surface area contributed by atoms with Crippen molar-refractivity contribution >= 4 is 5.91 Å². The van der Waals surface area contributed by atoms with E-state index < -0.39 is 0 Å². The Labute approximate surface area is 94.6 Å². The number of aryl methyl sites for hydroxylation is 1. The fourth-order valence-electron chi connectivity index (χ4n) is 1.67. The van der Waals surface area contributed by atoms with Gasteiger partial charge in [-0.15, -0.1) is 0 Å². The Hall–Kier alpha value is -1.71. The van der Waals surface area contributed by atoms with Crippen LogP contribution in [0.5, 0.6) is 11.5 Å². The summed E-state index contributed by atoms with van der Waals surface area (Å²) >= 11 is 0. The zero-order chi connectivity index (χ0) is 11.4. The summed E-state index contributed by atoms with van der Waals surface area (Å²) in [6, 6.07) is 5.90. The standard InChI is InChI=1S/C12H15NO3/c1-13-12(14)4-2-3-9-5-6-10-11(7-9)16-8-15-10/h5-7H,2-4,8H2,1H3,(H,13,14). The molecule has 1 aliphatic heterocycles. The number of benzene rings is 1. The summed E-state index contributed by atoms with van der Waals surface area (Å²) in [6.07, 6.45) is 2.29. The largest absolute Gasteiger partial charge is 0.454 e. The summed E-state index contributed by atoms with van der Waals surface area (Å²) in [5.74, 6) is 1.69. The van der Waals surface area contributed by atoms with Crippen LogP contribution in [-0.2, 0) is 11.2 Å². The number of fused-ring (bicyclic) bond motifs is 1. The smallest absolute Gasteiger partial charge is 0.231 e. The average Bonchev–Trinajstić information content (AvgIpc) is 2.76. The zero-order valence-corrected chi connectivity index (χ0v) is 9.29. The SMILES string of the molecule is CNC(=O)CCCc1ccc2c(c1)OCO2. The van der Waals surface area contributed by atoms with Crippen molar-refractivity contribution in [2.24, 2.45) is 0 Å². The van der Waals surface area contributed by atoms with Crippen molar-refractivity contribution in [2.45, 2.75) is 19.3 Å². The van der Waals surface area contributed by atoms with Crippen molar-refractivity contribution in [1.82, 2.24) is 5.32 Å². The Balaban J connectivity index is 1.88. The van der Waals surface area contributed by atoms with Crippen LogP contribution in [-0.4, -0.2) is 19.7 Å². The highest BCUT2D eigenvalue weighted by atomic mass is 16.7. The Kier molecular flexibility index (Phi) is 3.29. The first-order valence-corrected chi connectivity index (χ1v) is 5.38. The summed E-state index contributed by atoms with van der Waals surface area (Å²) in [5.41, 5.74) is 1.17. The van der Waals surface area contributed by atoms with Crippen molar-refractivity contribution in [1.29, 1.82) is 0 Å². The molecule has 0 aromatic heterocycles. The van der Waals surface area contributed by atoms with Crippen LogP contribution in [0.1, 0.15) is 18.4 Å². The van der Waals surface area contributed by atoms with Crippen LogP contribution in [0.15, 0.2) is 18.2 Å². The van der Waals surface area contributed by atoms with Gasteiger partial charge in [-0.1, -0.05) is 6.07 Å². The van der Waals surface area contributed by atoms with Gasteiger partial charge in [-0.3, -0.25) is 4.79 Å². The molecule has 86 valence electrons. The van der Waals surface area contributed by atoms with Crippen LogP contribution in [0.2, 0.25) is 0 Å². The summed E-state index contributed by atoms with van der Waals surface area (Å²) in [6.45, 7) is 0.303. The fraction of sp³-hybridized carbons (Fsp3) is 0.417. The van der Waals surface area contributed by atoms with Crippen molar-refractivity contribution in [3.05, 3.63) is 23.8 Å². The lowest BCUT2D eigenvalue weighted by Crippen LogP contribution is -2.17. The topological polar surface area (TPSA) is 47.6 Å². The van der Waals surface area contributed by atoms with Crippen LogP contribution in [0.25, 0.3) is 0 Å².